The van der Waals surface area contributed by atoms with Gasteiger partial charge in [-0.2, -0.15) is 0 Å². The lowest BCUT2D eigenvalue weighted by atomic mass is 10.2. The van der Waals surface area contributed by atoms with Crippen LogP contribution in [-0.2, 0) is 4.79 Å². The molecule has 0 fully saturated rings. The summed E-state index contributed by atoms with van der Waals surface area (Å²) in [6, 6.07) is 9.32. The van der Waals surface area contributed by atoms with Crippen LogP contribution in [0.2, 0.25) is 0 Å². The van der Waals surface area contributed by atoms with Gasteiger partial charge in [0.15, 0.2) is 0 Å². The highest BCUT2D eigenvalue weighted by molar-refractivity contribution is 6.32. The first-order valence-corrected chi connectivity index (χ1v) is 5.44. The van der Waals surface area contributed by atoms with Gasteiger partial charge in [0.1, 0.15) is 5.38 Å². The third kappa shape index (κ3) is 2.82. The Kier molecular flexibility index (Phi) is 3.39. The van der Waals surface area contributed by atoms with E-state index in [-0.39, 0.29) is 11.9 Å². The summed E-state index contributed by atoms with van der Waals surface area (Å²) < 4.78 is 5.28. The summed E-state index contributed by atoms with van der Waals surface area (Å²) in [4.78, 5) is 11.3. The molecule has 1 amide bonds. The number of nitrogens with one attached hydrogen (secondary N) is 1. The summed E-state index contributed by atoms with van der Waals surface area (Å²) in [6.45, 7) is 1.56. The van der Waals surface area contributed by atoms with Gasteiger partial charge in [-0.3, -0.25) is 10.1 Å². The highest BCUT2D eigenvalue weighted by atomic mass is 35.5. The van der Waals surface area contributed by atoms with Gasteiger partial charge in [-0.15, -0.1) is 16.7 Å². The molecule has 1 unspecified atom stereocenters. The van der Waals surface area contributed by atoms with E-state index >= 15 is 0 Å². The molecule has 0 aliphatic rings. The number of anilines is 1. The van der Waals surface area contributed by atoms with Crippen LogP contribution in [0.3, 0.4) is 0 Å². The summed E-state index contributed by atoms with van der Waals surface area (Å²) in [5.41, 5.74) is 0.791. The minimum atomic E-state index is -0.651. The molecule has 1 aromatic carbocycles. The van der Waals surface area contributed by atoms with Gasteiger partial charge < -0.3 is 4.42 Å². The van der Waals surface area contributed by atoms with Crippen molar-refractivity contribution in [2.45, 2.75) is 12.3 Å². The standard InChI is InChI=1S/C11H10ClN3O2/c1-7(12)9(16)13-11-15-14-10(17-11)8-5-3-2-4-6-8/h2-7H,1H3,(H,13,15,16). The second-order valence-corrected chi connectivity index (χ2v) is 4.04. The summed E-state index contributed by atoms with van der Waals surface area (Å²) >= 11 is 5.60. The molecular formula is C11H10ClN3O2. The van der Waals surface area contributed by atoms with Crippen molar-refractivity contribution in [1.29, 1.82) is 0 Å². The van der Waals surface area contributed by atoms with Gasteiger partial charge >= 0.3 is 6.01 Å². The van der Waals surface area contributed by atoms with Crippen molar-refractivity contribution in [2.75, 3.05) is 5.32 Å². The number of carbonyl (C=O) groups excluding carboxylic acids is 1. The summed E-state index contributed by atoms with van der Waals surface area (Å²) in [6.07, 6.45) is 0. The molecule has 0 saturated carbocycles. The van der Waals surface area contributed by atoms with Crippen molar-refractivity contribution in [1.82, 2.24) is 10.2 Å². The SMILES string of the molecule is CC(Cl)C(=O)Nc1nnc(-c2ccccc2)o1. The Morgan fingerprint density at radius 2 is 2.06 bits per heavy atom. The smallest absolute Gasteiger partial charge is 0.322 e. The first-order valence-electron chi connectivity index (χ1n) is 5.00. The molecule has 1 atom stereocenters. The average Bonchev–Trinajstić information content (AvgIpc) is 2.78. The summed E-state index contributed by atoms with van der Waals surface area (Å²) in [5.74, 6) is -0.0296. The third-order valence-corrected chi connectivity index (χ3v) is 2.24. The number of amides is 1. The topological polar surface area (TPSA) is 68.0 Å². The number of alkyl halides is 1. The van der Waals surface area contributed by atoms with Gasteiger partial charge in [-0.1, -0.05) is 23.3 Å². The molecule has 1 N–H and O–H groups in total. The Labute approximate surface area is 103 Å². The quantitative estimate of drug-likeness (QED) is 0.850. The van der Waals surface area contributed by atoms with Crippen LogP contribution in [0.15, 0.2) is 34.7 Å². The van der Waals surface area contributed by atoms with Crippen LogP contribution in [0.25, 0.3) is 11.5 Å². The number of carbonyl (C=O) groups is 1. The van der Waals surface area contributed by atoms with Crippen LogP contribution in [0.1, 0.15) is 6.92 Å². The molecule has 6 heteroatoms. The van der Waals surface area contributed by atoms with E-state index in [0.29, 0.717) is 5.89 Å². The van der Waals surface area contributed by atoms with Crippen molar-refractivity contribution >= 4 is 23.5 Å². The zero-order chi connectivity index (χ0) is 12.3. The number of benzene rings is 1. The number of rotatable bonds is 3. The molecule has 0 aliphatic heterocycles. The molecule has 0 radical (unpaired) electrons. The molecule has 0 saturated heterocycles. The molecule has 0 bridgehead atoms. The fourth-order valence-corrected chi connectivity index (χ4v) is 1.23. The molecule has 1 aromatic heterocycles. The zero-order valence-corrected chi connectivity index (χ0v) is 9.81. The van der Waals surface area contributed by atoms with Crippen LogP contribution in [-0.4, -0.2) is 21.5 Å². The Bertz CT molecular complexity index is 510. The van der Waals surface area contributed by atoms with Crippen LogP contribution in [0, 0.1) is 0 Å². The molecular weight excluding hydrogens is 242 g/mol. The highest BCUT2D eigenvalue weighted by Gasteiger charge is 2.14. The zero-order valence-electron chi connectivity index (χ0n) is 9.05. The van der Waals surface area contributed by atoms with Gasteiger partial charge in [0.2, 0.25) is 11.8 Å². The Morgan fingerprint density at radius 3 is 2.71 bits per heavy atom. The predicted octanol–water partition coefficient (Wildman–Crippen LogP) is 2.30. The van der Waals surface area contributed by atoms with Crippen molar-refractivity contribution in [2.24, 2.45) is 0 Å². The van der Waals surface area contributed by atoms with Crippen LogP contribution in [0.5, 0.6) is 0 Å². The largest absolute Gasteiger partial charge is 0.403 e. The maximum Gasteiger partial charge on any atom is 0.322 e. The predicted molar refractivity (Wildman–Crippen MR) is 63.7 cm³/mol. The van der Waals surface area contributed by atoms with E-state index in [1.165, 1.54) is 0 Å². The number of nitrogens with zero attached hydrogens (tertiary/aromatic N) is 2. The van der Waals surface area contributed by atoms with Crippen LogP contribution >= 0.6 is 11.6 Å². The van der Waals surface area contributed by atoms with Crippen molar-refractivity contribution in [3.05, 3.63) is 30.3 Å². The molecule has 2 rings (SSSR count). The van der Waals surface area contributed by atoms with Crippen LogP contribution < -0.4 is 5.32 Å². The third-order valence-electron chi connectivity index (χ3n) is 2.04. The van der Waals surface area contributed by atoms with Crippen molar-refractivity contribution in [3.63, 3.8) is 0 Å². The second kappa shape index (κ2) is 4.97. The van der Waals surface area contributed by atoms with Crippen LogP contribution in [0.4, 0.5) is 6.01 Å². The van der Waals surface area contributed by atoms with E-state index < -0.39 is 5.38 Å². The first-order chi connectivity index (χ1) is 8.16. The molecule has 17 heavy (non-hydrogen) atoms. The lowest BCUT2D eigenvalue weighted by molar-refractivity contribution is -0.115. The van der Waals surface area contributed by atoms with Crippen molar-refractivity contribution in [3.8, 4) is 11.5 Å². The number of aromatic nitrogens is 2. The minimum absolute atomic E-state index is 0.0429. The highest BCUT2D eigenvalue weighted by Crippen LogP contribution is 2.19. The lowest BCUT2D eigenvalue weighted by Crippen LogP contribution is -2.20. The molecule has 0 spiro atoms. The Hall–Kier alpha value is -1.88. The van der Waals surface area contributed by atoms with E-state index in [9.17, 15) is 4.79 Å². The van der Waals surface area contributed by atoms with E-state index in [1.54, 1.807) is 6.92 Å². The average molecular weight is 252 g/mol. The van der Waals surface area contributed by atoms with Gasteiger partial charge in [0.25, 0.3) is 0 Å². The Morgan fingerprint density at radius 1 is 1.35 bits per heavy atom. The maximum absolute atomic E-state index is 11.3. The van der Waals surface area contributed by atoms with Gasteiger partial charge in [-0.05, 0) is 19.1 Å². The van der Waals surface area contributed by atoms with E-state index in [4.69, 9.17) is 16.0 Å². The normalized spacial score (nSPS) is 12.1. The summed E-state index contributed by atoms with van der Waals surface area (Å²) in [5, 5.41) is 9.30. The second-order valence-electron chi connectivity index (χ2n) is 3.38. The lowest BCUT2D eigenvalue weighted by Gasteiger charge is -2.00. The molecule has 0 aliphatic carbocycles. The van der Waals surface area contributed by atoms with Gasteiger partial charge in [-0.25, -0.2) is 0 Å². The fourth-order valence-electron chi connectivity index (χ4n) is 1.18. The van der Waals surface area contributed by atoms with Crippen molar-refractivity contribution < 1.29 is 9.21 Å². The van der Waals surface area contributed by atoms with Gasteiger partial charge in [0, 0.05) is 5.56 Å². The molecule has 88 valence electrons. The molecule has 5 nitrogen and oxygen atoms in total. The van der Waals surface area contributed by atoms with Gasteiger partial charge in [0.05, 0.1) is 0 Å². The fraction of sp³-hybridized carbons (Fsp3) is 0.182. The number of halogens is 1. The van der Waals surface area contributed by atoms with E-state index in [2.05, 4.69) is 15.5 Å². The first kappa shape index (κ1) is 11.6. The monoisotopic (exact) mass is 251 g/mol. The van der Waals surface area contributed by atoms with E-state index in [1.807, 2.05) is 30.3 Å². The summed E-state index contributed by atoms with van der Waals surface area (Å²) in [7, 11) is 0. The number of hydrogen-bond acceptors (Lipinski definition) is 4. The minimum Gasteiger partial charge on any atom is -0.403 e. The molecule has 1 heterocycles. The number of hydrogen-bond donors (Lipinski definition) is 1. The Balaban J connectivity index is 2.14. The molecule has 2 aromatic rings. The maximum atomic E-state index is 11.3. The van der Waals surface area contributed by atoms with E-state index in [0.717, 1.165) is 5.56 Å².